The first kappa shape index (κ1) is 33.0. The second-order valence-electron chi connectivity index (χ2n) is 12.1. The van der Waals surface area contributed by atoms with E-state index in [9.17, 15) is 45.4 Å². The topological polar surface area (TPSA) is 66.8 Å². The van der Waals surface area contributed by atoms with E-state index in [1.165, 1.54) is 30.2 Å². The summed E-state index contributed by atoms with van der Waals surface area (Å²) < 4.78 is 103. The molecule has 6 rings (SSSR count). The lowest BCUT2D eigenvalue weighted by atomic mass is 9.87. The molecule has 250 valence electrons. The van der Waals surface area contributed by atoms with E-state index in [0.717, 1.165) is 24.3 Å². The van der Waals surface area contributed by atoms with Crippen LogP contribution in [0.1, 0.15) is 69.4 Å². The van der Waals surface area contributed by atoms with Gasteiger partial charge in [-0.25, -0.2) is 9.18 Å². The molecule has 2 heterocycles. The number of rotatable bonds is 6. The fourth-order valence-electron chi connectivity index (χ4n) is 7.12. The average molecular weight is 672 g/mol. The van der Waals surface area contributed by atoms with Crippen LogP contribution in [0.15, 0.2) is 72.8 Å². The fourth-order valence-corrected chi connectivity index (χ4v) is 7.12. The molecule has 0 bridgehead atoms. The van der Waals surface area contributed by atoms with Crippen molar-refractivity contribution in [2.24, 2.45) is 0 Å². The van der Waals surface area contributed by atoms with Crippen LogP contribution >= 0.6 is 0 Å². The number of carboxylic acid groups (broad SMARTS) is 1. The van der Waals surface area contributed by atoms with E-state index >= 15 is 0 Å². The summed E-state index contributed by atoms with van der Waals surface area (Å²) in [4.78, 5) is 26.4. The third-order valence-electron chi connectivity index (χ3n) is 9.26. The van der Waals surface area contributed by atoms with Gasteiger partial charge in [0, 0.05) is 23.9 Å². The summed E-state index contributed by atoms with van der Waals surface area (Å²) in [6, 6.07) is 13.6. The van der Waals surface area contributed by atoms with Crippen LogP contribution in [-0.4, -0.2) is 35.0 Å². The summed E-state index contributed by atoms with van der Waals surface area (Å²) in [5.41, 5.74) is 0.908. The third kappa shape index (κ3) is 5.99. The normalized spacial score (nSPS) is 19.5. The molecule has 0 saturated carbocycles. The van der Waals surface area contributed by atoms with Crippen molar-refractivity contribution in [2.75, 3.05) is 7.11 Å². The zero-order valence-corrected chi connectivity index (χ0v) is 25.5. The Morgan fingerprint density at radius 2 is 1.54 bits per heavy atom. The number of aromatic carboxylic acids is 1. The molecular formula is C36H28F7NO4. The minimum atomic E-state index is -4.81. The van der Waals surface area contributed by atoms with Crippen LogP contribution in [0.3, 0.4) is 0 Å². The van der Waals surface area contributed by atoms with Gasteiger partial charge in [0.1, 0.15) is 11.6 Å². The summed E-state index contributed by atoms with van der Waals surface area (Å²) in [7, 11) is 1.41. The predicted molar refractivity (Wildman–Crippen MR) is 162 cm³/mol. The summed E-state index contributed by atoms with van der Waals surface area (Å²) in [6.45, 7) is 1.74. The first-order chi connectivity index (χ1) is 22.6. The molecule has 0 unspecified atom stereocenters. The lowest BCUT2D eigenvalue weighted by Crippen LogP contribution is -2.31. The zero-order chi connectivity index (χ0) is 34.7. The van der Waals surface area contributed by atoms with Crippen molar-refractivity contribution < 1.29 is 50.2 Å². The fraction of sp³-hybridized carbons (Fsp3) is 0.278. The van der Waals surface area contributed by atoms with Gasteiger partial charge in [-0.3, -0.25) is 4.79 Å². The maximum atomic E-state index is 14.4. The molecule has 5 nitrogen and oxygen atoms in total. The number of carboxylic acids is 1. The van der Waals surface area contributed by atoms with Gasteiger partial charge in [-0.15, -0.1) is 0 Å². The van der Waals surface area contributed by atoms with Crippen molar-refractivity contribution in [3.05, 3.63) is 112 Å². The van der Waals surface area contributed by atoms with Gasteiger partial charge >= 0.3 is 18.3 Å². The van der Waals surface area contributed by atoms with Crippen LogP contribution in [0.25, 0.3) is 22.3 Å². The molecule has 12 heteroatoms. The van der Waals surface area contributed by atoms with Crippen molar-refractivity contribution in [2.45, 2.75) is 56.5 Å². The van der Waals surface area contributed by atoms with Crippen molar-refractivity contribution in [3.63, 3.8) is 0 Å². The SMILES string of the molecule is COc1ccc(-c2ccc(C(=O)O)cc2C)cc1-c1ccc(C(F)(F)F)cc1[C@@H]1CC[C@H]2[C@@H](c3cc(F)cc(C(F)(F)F)c3)CC(=O)N12. The standard InChI is InChI=1S/C36H28F7NO4/c1-18-11-20(34(46)47)3-6-25(18)19-4-10-32(48-2)29(14-19)26-7-5-22(35(38,39)40)16-28(26)31-9-8-30-27(17-33(45)44(30)31)21-12-23(36(41,42)43)15-24(37)13-21/h3-7,10-16,27,30-31H,8-9,17H2,1-2H3,(H,46,47)/t27-,30+,31+/m1/s1. The average Bonchev–Trinajstić information content (AvgIpc) is 3.60. The third-order valence-corrected chi connectivity index (χ3v) is 9.26. The molecule has 3 atom stereocenters. The Balaban J connectivity index is 1.46. The van der Waals surface area contributed by atoms with Gasteiger partial charge in [-0.2, -0.15) is 26.3 Å². The lowest BCUT2D eigenvalue weighted by Gasteiger charge is -2.29. The van der Waals surface area contributed by atoms with Gasteiger partial charge in [-0.05, 0) is 108 Å². The number of carbonyl (C=O) groups is 2. The van der Waals surface area contributed by atoms with Crippen LogP contribution in [0, 0.1) is 12.7 Å². The number of methoxy groups -OCH3 is 1. The number of fused-ring (bicyclic) bond motifs is 1. The van der Waals surface area contributed by atoms with Crippen LogP contribution in [-0.2, 0) is 17.1 Å². The number of benzene rings is 4. The molecule has 2 aliphatic rings. The highest BCUT2D eigenvalue weighted by Gasteiger charge is 2.49. The Bertz CT molecular complexity index is 1930. The minimum absolute atomic E-state index is 0.00625. The van der Waals surface area contributed by atoms with E-state index in [0.29, 0.717) is 39.6 Å². The summed E-state index contributed by atoms with van der Waals surface area (Å²) >= 11 is 0. The number of ether oxygens (including phenoxy) is 1. The van der Waals surface area contributed by atoms with E-state index in [2.05, 4.69) is 0 Å². The highest BCUT2D eigenvalue weighted by atomic mass is 19.4. The number of hydrogen-bond acceptors (Lipinski definition) is 3. The summed E-state index contributed by atoms with van der Waals surface area (Å²) in [6.07, 6.45) is -9.25. The molecule has 0 aliphatic carbocycles. The quantitative estimate of drug-likeness (QED) is 0.208. The molecule has 0 spiro atoms. The molecule has 2 aliphatic heterocycles. The van der Waals surface area contributed by atoms with E-state index in [4.69, 9.17) is 4.74 Å². The van der Waals surface area contributed by atoms with Crippen LogP contribution in [0.4, 0.5) is 30.7 Å². The molecule has 1 N–H and O–H groups in total. The number of amides is 1. The lowest BCUT2D eigenvalue weighted by molar-refractivity contribution is -0.138. The molecule has 1 amide bonds. The Hall–Kier alpha value is -4.87. The first-order valence-corrected chi connectivity index (χ1v) is 15.0. The number of alkyl halides is 6. The Kier molecular flexibility index (Phi) is 8.25. The highest BCUT2D eigenvalue weighted by molar-refractivity contribution is 5.89. The molecule has 0 radical (unpaired) electrons. The number of halogens is 7. The Morgan fingerprint density at radius 1 is 0.833 bits per heavy atom. The molecule has 4 aromatic rings. The van der Waals surface area contributed by atoms with Crippen molar-refractivity contribution in [1.82, 2.24) is 4.90 Å². The van der Waals surface area contributed by atoms with Crippen molar-refractivity contribution >= 4 is 11.9 Å². The number of aryl methyl sites for hydroxylation is 1. The van der Waals surface area contributed by atoms with Gasteiger partial charge in [0.15, 0.2) is 0 Å². The highest BCUT2D eigenvalue weighted by Crippen LogP contribution is 2.52. The van der Waals surface area contributed by atoms with Crippen molar-refractivity contribution in [1.29, 1.82) is 0 Å². The van der Waals surface area contributed by atoms with E-state index in [1.807, 2.05) is 0 Å². The zero-order valence-electron chi connectivity index (χ0n) is 25.5. The molecule has 0 aromatic heterocycles. The van der Waals surface area contributed by atoms with E-state index in [1.54, 1.807) is 31.2 Å². The van der Waals surface area contributed by atoms with E-state index < -0.39 is 59.2 Å². The van der Waals surface area contributed by atoms with Gasteiger partial charge in [0.25, 0.3) is 0 Å². The Morgan fingerprint density at radius 3 is 2.19 bits per heavy atom. The summed E-state index contributed by atoms with van der Waals surface area (Å²) in [5, 5.41) is 9.38. The first-order valence-electron chi connectivity index (χ1n) is 15.0. The molecule has 2 saturated heterocycles. The van der Waals surface area contributed by atoms with Crippen LogP contribution in [0.5, 0.6) is 5.75 Å². The van der Waals surface area contributed by atoms with Crippen molar-refractivity contribution in [3.8, 4) is 28.0 Å². The van der Waals surface area contributed by atoms with Gasteiger partial charge in [-0.1, -0.05) is 18.2 Å². The number of nitrogens with zero attached hydrogens (tertiary/aromatic N) is 1. The van der Waals surface area contributed by atoms with Crippen LogP contribution < -0.4 is 4.74 Å². The van der Waals surface area contributed by atoms with Gasteiger partial charge < -0.3 is 14.7 Å². The predicted octanol–water partition coefficient (Wildman–Crippen LogP) is 9.43. The summed E-state index contributed by atoms with van der Waals surface area (Å²) in [5.74, 6) is -3.10. The van der Waals surface area contributed by atoms with Crippen LogP contribution in [0.2, 0.25) is 0 Å². The molecule has 4 aromatic carbocycles. The smallest absolute Gasteiger partial charge is 0.416 e. The second-order valence-corrected chi connectivity index (χ2v) is 12.1. The maximum Gasteiger partial charge on any atom is 0.416 e. The number of carbonyl (C=O) groups excluding carboxylic acids is 1. The number of hydrogen-bond donors (Lipinski definition) is 1. The maximum absolute atomic E-state index is 14.4. The molecular weight excluding hydrogens is 643 g/mol. The second kappa shape index (κ2) is 12.0. The van der Waals surface area contributed by atoms with Gasteiger partial charge in [0.2, 0.25) is 5.91 Å². The molecule has 2 fully saturated rings. The minimum Gasteiger partial charge on any atom is -0.496 e. The Labute approximate surface area is 270 Å². The largest absolute Gasteiger partial charge is 0.496 e. The monoisotopic (exact) mass is 671 g/mol. The van der Waals surface area contributed by atoms with E-state index in [-0.39, 0.29) is 36.0 Å². The van der Waals surface area contributed by atoms with Gasteiger partial charge in [0.05, 0.1) is 29.8 Å². The molecule has 48 heavy (non-hydrogen) atoms.